The van der Waals surface area contributed by atoms with E-state index in [0.717, 1.165) is 5.56 Å². The van der Waals surface area contributed by atoms with Gasteiger partial charge in [0.05, 0.1) is 7.11 Å². The standard InChI is InChI=1S/C24H34N6O6/c1-15(31)28-20-14-16-8-10-17(11-9-16)36-13-4-3-6-19(23(34)35-2)30-21(32)18(29-22(20)33)7-5-12-27-24(25)26/h3-4,8-11,18-20H,5-7,12-14H2,1-2H3,(H,28,31)(H,29,33)(H,30,32)(H4,25,26,27)/t18-,19+,20-/m0/s1. The number of nitrogens with one attached hydrogen (secondary N) is 5. The van der Waals surface area contributed by atoms with Crippen molar-refractivity contribution in [3.05, 3.63) is 42.0 Å². The van der Waals surface area contributed by atoms with E-state index in [1.165, 1.54) is 14.0 Å². The van der Waals surface area contributed by atoms with E-state index >= 15 is 0 Å². The second kappa shape index (κ2) is 14.3. The smallest absolute Gasteiger partial charge is 0.328 e. The Labute approximate surface area is 209 Å². The lowest BCUT2D eigenvalue weighted by Gasteiger charge is -2.24. The zero-order valence-corrected chi connectivity index (χ0v) is 20.5. The Morgan fingerprint density at radius 2 is 1.89 bits per heavy atom. The molecule has 0 aromatic heterocycles. The lowest BCUT2D eigenvalue weighted by Crippen LogP contribution is -2.56. The Morgan fingerprint density at radius 3 is 2.53 bits per heavy atom. The van der Waals surface area contributed by atoms with Crippen LogP contribution >= 0.6 is 0 Å². The van der Waals surface area contributed by atoms with Gasteiger partial charge in [-0.15, -0.1) is 0 Å². The Balaban J connectivity index is 2.33. The molecule has 1 aromatic carbocycles. The molecule has 196 valence electrons. The van der Waals surface area contributed by atoms with Gasteiger partial charge in [0.2, 0.25) is 17.7 Å². The van der Waals surface area contributed by atoms with E-state index in [9.17, 15) is 19.2 Å². The van der Waals surface area contributed by atoms with Gasteiger partial charge in [0, 0.05) is 19.9 Å². The first-order chi connectivity index (χ1) is 17.2. The Morgan fingerprint density at radius 1 is 1.17 bits per heavy atom. The van der Waals surface area contributed by atoms with Gasteiger partial charge in [0.25, 0.3) is 0 Å². The molecule has 0 saturated carbocycles. The molecule has 2 aliphatic rings. The van der Waals surface area contributed by atoms with Gasteiger partial charge < -0.3 is 36.5 Å². The number of esters is 1. The third-order valence-electron chi connectivity index (χ3n) is 5.36. The summed E-state index contributed by atoms with van der Waals surface area (Å²) in [7, 11) is 1.22. The normalized spacial score (nSPS) is 20.8. The summed E-state index contributed by atoms with van der Waals surface area (Å²) >= 11 is 0. The number of guanidine groups is 1. The van der Waals surface area contributed by atoms with E-state index in [0.29, 0.717) is 18.7 Å². The predicted octanol–water partition coefficient (Wildman–Crippen LogP) is -0.522. The van der Waals surface area contributed by atoms with Crippen LogP contribution in [0.1, 0.15) is 31.7 Å². The average Bonchev–Trinajstić information content (AvgIpc) is 2.84. The molecule has 0 saturated heterocycles. The van der Waals surface area contributed by atoms with Crippen LogP contribution in [-0.2, 0) is 30.3 Å². The van der Waals surface area contributed by atoms with Crippen LogP contribution in [0.15, 0.2) is 36.4 Å². The number of ether oxygens (including phenoxy) is 2. The number of hydrogen-bond acceptors (Lipinski definition) is 7. The fourth-order valence-electron chi connectivity index (χ4n) is 3.56. The first kappa shape index (κ1) is 28.1. The maximum Gasteiger partial charge on any atom is 0.328 e. The molecule has 12 nitrogen and oxygen atoms in total. The SMILES string of the molecule is COC(=O)[C@H]1CC=CCOc2ccc(cc2)C[C@H](NC(C)=O)C(=O)N[C@@H](CCCNC(=N)N)C(=O)N1. The van der Waals surface area contributed by atoms with Crippen LogP contribution in [0, 0.1) is 5.41 Å². The van der Waals surface area contributed by atoms with E-state index in [2.05, 4.69) is 21.3 Å². The van der Waals surface area contributed by atoms with Crippen LogP contribution in [0.3, 0.4) is 0 Å². The maximum atomic E-state index is 13.2. The number of fused-ring (bicyclic) bond motifs is 13. The number of benzene rings is 1. The number of methoxy groups -OCH3 is 1. The van der Waals surface area contributed by atoms with E-state index in [-0.39, 0.29) is 31.8 Å². The largest absolute Gasteiger partial charge is 0.490 e. The summed E-state index contributed by atoms with van der Waals surface area (Å²) in [6.07, 6.45) is 4.36. The number of amides is 3. The summed E-state index contributed by atoms with van der Waals surface area (Å²) in [4.78, 5) is 50.4. The first-order valence-electron chi connectivity index (χ1n) is 11.6. The molecule has 12 heteroatoms. The fraction of sp³-hybridized carbons (Fsp3) is 0.458. The van der Waals surface area contributed by atoms with Gasteiger partial charge in [-0.05, 0) is 37.0 Å². The molecule has 2 heterocycles. The van der Waals surface area contributed by atoms with Crippen LogP contribution < -0.4 is 31.7 Å². The number of rotatable bonds is 6. The Kier molecular flexibility index (Phi) is 11.2. The monoisotopic (exact) mass is 502 g/mol. The highest BCUT2D eigenvalue weighted by Crippen LogP contribution is 2.14. The third kappa shape index (κ3) is 9.65. The van der Waals surface area contributed by atoms with Crippen molar-refractivity contribution in [2.45, 2.75) is 50.7 Å². The number of carbonyl (C=O) groups excluding carboxylic acids is 4. The zero-order valence-electron chi connectivity index (χ0n) is 20.5. The van der Waals surface area contributed by atoms with Gasteiger partial charge in [-0.3, -0.25) is 19.8 Å². The minimum Gasteiger partial charge on any atom is -0.490 e. The van der Waals surface area contributed by atoms with Gasteiger partial charge in [-0.2, -0.15) is 0 Å². The molecular weight excluding hydrogens is 468 g/mol. The van der Waals surface area contributed by atoms with Gasteiger partial charge in [0.1, 0.15) is 30.5 Å². The van der Waals surface area contributed by atoms with Crippen molar-refractivity contribution in [1.29, 1.82) is 5.41 Å². The fourth-order valence-corrected chi connectivity index (χ4v) is 3.56. The van der Waals surface area contributed by atoms with Gasteiger partial charge in [-0.25, -0.2) is 4.79 Å². The van der Waals surface area contributed by atoms with Crippen molar-refractivity contribution in [1.82, 2.24) is 21.3 Å². The second-order valence-electron chi connectivity index (χ2n) is 8.25. The van der Waals surface area contributed by atoms with Crippen molar-refractivity contribution in [2.75, 3.05) is 20.3 Å². The summed E-state index contributed by atoms with van der Waals surface area (Å²) in [5.74, 6) is -1.77. The molecule has 1 aromatic rings. The third-order valence-corrected chi connectivity index (χ3v) is 5.36. The van der Waals surface area contributed by atoms with Crippen LogP contribution in [0.4, 0.5) is 0 Å². The minimum atomic E-state index is -1.01. The molecule has 36 heavy (non-hydrogen) atoms. The van der Waals surface area contributed by atoms with E-state index in [1.807, 2.05) is 0 Å². The van der Waals surface area contributed by atoms with Crippen LogP contribution in [-0.4, -0.2) is 68.0 Å². The lowest BCUT2D eigenvalue weighted by atomic mass is 10.0. The molecule has 3 amide bonds. The highest BCUT2D eigenvalue weighted by atomic mass is 16.5. The van der Waals surface area contributed by atoms with Crippen LogP contribution in [0.5, 0.6) is 5.75 Å². The molecule has 3 atom stereocenters. The Hall–Kier alpha value is -4.09. The number of nitrogens with two attached hydrogens (primary N) is 1. The highest BCUT2D eigenvalue weighted by Gasteiger charge is 2.29. The van der Waals surface area contributed by atoms with E-state index in [1.54, 1.807) is 36.4 Å². The zero-order chi connectivity index (χ0) is 26.5. The molecule has 2 aliphatic heterocycles. The van der Waals surface area contributed by atoms with Crippen molar-refractivity contribution in [3.63, 3.8) is 0 Å². The maximum absolute atomic E-state index is 13.2. The summed E-state index contributed by atoms with van der Waals surface area (Å²) in [6.45, 7) is 1.86. The molecular formula is C24H34N6O6. The van der Waals surface area contributed by atoms with E-state index in [4.69, 9.17) is 20.6 Å². The number of carbonyl (C=O) groups is 4. The van der Waals surface area contributed by atoms with Gasteiger partial charge >= 0.3 is 5.97 Å². The van der Waals surface area contributed by atoms with Crippen molar-refractivity contribution in [2.24, 2.45) is 5.73 Å². The minimum absolute atomic E-state index is 0.155. The quantitative estimate of drug-likeness (QED) is 0.0986. The molecule has 0 unspecified atom stereocenters. The molecule has 0 radical (unpaired) electrons. The predicted molar refractivity (Wildman–Crippen MR) is 132 cm³/mol. The molecule has 0 spiro atoms. The van der Waals surface area contributed by atoms with Gasteiger partial charge in [-0.1, -0.05) is 24.3 Å². The van der Waals surface area contributed by atoms with Crippen LogP contribution in [0.2, 0.25) is 0 Å². The summed E-state index contributed by atoms with van der Waals surface area (Å²) in [5, 5.41) is 17.9. The molecule has 3 rings (SSSR count). The second-order valence-corrected chi connectivity index (χ2v) is 8.25. The molecule has 0 aliphatic carbocycles. The summed E-state index contributed by atoms with van der Waals surface area (Å²) in [6, 6.07) is 4.19. The first-order valence-corrected chi connectivity index (χ1v) is 11.6. The molecule has 7 N–H and O–H groups in total. The van der Waals surface area contributed by atoms with Crippen molar-refractivity contribution >= 4 is 29.7 Å². The average molecular weight is 503 g/mol. The van der Waals surface area contributed by atoms with Crippen LogP contribution in [0.25, 0.3) is 0 Å². The molecule has 2 bridgehead atoms. The molecule has 0 fully saturated rings. The van der Waals surface area contributed by atoms with Gasteiger partial charge in [0.15, 0.2) is 5.96 Å². The van der Waals surface area contributed by atoms with Crippen molar-refractivity contribution in [3.8, 4) is 5.75 Å². The Bertz CT molecular complexity index is 964. The topological polar surface area (TPSA) is 185 Å². The summed E-state index contributed by atoms with van der Waals surface area (Å²) in [5.41, 5.74) is 6.09. The van der Waals surface area contributed by atoms with Crippen molar-refractivity contribution < 1.29 is 28.7 Å². The highest BCUT2D eigenvalue weighted by molar-refractivity contribution is 5.93. The lowest BCUT2D eigenvalue weighted by molar-refractivity contribution is -0.145. The summed E-state index contributed by atoms with van der Waals surface area (Å²) < 4.78 is 10.5. The number of hydrogen-bond donors (Lipinski definition) is 6. The van der Waals surface area contributed by atoms with E-state index < -0.39 is 41.8 Å².